The zero-order valence-electron chi connectivity index (χ0n) is 17.7. The minimum atomic E-state index is -0.271. The van der Waals surface area contributed by atoms with Gasteiger partial charge in [0, 0.05) is 5.69 Å². The minimum Gasteiger partial charge on any atom is -0.487 e. The van der Waals surface area contributed by atoms with E-state index in [0.717, 1.165) is 31.3 Å². The lowest BCUT2D eigenvalue weighted by atomic mass is 10.1. The Labute approximate surface area is 218 Å². The van der Waals surface area contributed by atoms with Crippen molar-refractivity contribution in [2.24, 2.45) is 0 Å². The van der Waals surface area contributed by atoms with Crippen molar-refractivity contribution in [3.63, 3.8) is 0 Å². The van der Waals surface area contributed by atoms with Crippen LogP contribution in [0.25, 0.3) is 6.08 Å². The van der Waals surface area contributed by atoms with Gasteiger partial charge in [0.15, 0.2) is 5.50 Å². The summed E-state index contributed by atoms with van der Waals surface area (Å²) >= 11 is 7.24. The average molecular weight is 639 g/mol. The van der Waals surface area contributed by atoms with Gasteiger partial charge in [-0.2, -0.15) is 0 Å². The molecule has 33 heavy (non-hydrogen) atoms. The maximum absolute atomic E-state index is 13.1. The van der Waals surface area contributed by atoms with Crippen molar-refractivity contribution in [2.75, 3.05) is 5.32 Å². The summed E-state index contributed by atoms with van der Waals surface area (Å²) in [6.07, 6.45) is 2.87. The number of anilines is 1. The van der Waals surface area contributed by atoms with Crippen LogP contribution in [-0.4, -0.2) is 11.4 Å². The second-order valence-corrected chi connectivity index (χ2v) is 10.6. The third-order valence-electron chi connectivity index (χ3n) is 5.01. The normalized spacial score (nSPS) is 16.7. The van der Waals surface area contributed by atoms with Crippen LogP contribution in [0.3, 0.4) is 0 Å². The van der Waals surface area contributed by atoms with E-state index >= 15 is 0 Å². The lowest BCUT2D eigenvalue weighted by molar-refractivity contribution is -0.116. The SMILES string of the molecule is CCc1ccc(N[C@H]2NC(=O)/C(=C/c3cc(Br)c(OCc4ccc(F)cc4)c(I)c3)S2)cc1. The van der Waals surface area contributed by atoms with Gasteiger partial charge in [-0.05, 0) is 104 Å². The molecule has 4 rings (SSSR count). The summed E-state index contributed by atoms with van der Waals surface area (Å²) in [6, 6.07) is 18.3. The fourth-order valence-corrected chi connectivity index (χ4v) is 6.00. The summed E-state index contributed by atoms with van der Waals surface area (Å²) in [5.41, 5.74) is 3.79. The second kappa shape index (κ2) is 10.9. The van der Waals surface area contributed by atoms with Gasteiger partial charge in [0.05, 0.1) is 12.9 Å². The Morgan fingerprint density at radius 1 is 1.15 bits per heavy atom. The van der Waals surface area contributed by atoms with Crippen LogP contribution in [-0.2, 0) is 17.8 Å². The van der Waals surface area contributed by atoms with Gasteiger partial charge in [-0.1, -0.05) is 43.0 Å². The first-order chi connectivity index (χ1) is 15.9. The first-order valence-electron chi connectivity index (χ1n) is 10.3. The summed E-state index contributed by atoms with van der Waals surface area (Å²) in [6.45, 7) is 2.45. The van der Waals surface area contributed by atoms with E-state index in [-0.39, 0.29) is 17.2 Å². The van der Waals surface area contributed by atoms with Gasteiger partial charge in [-0.15, -0.1) is 0 Å². The third kappa shape index (κ3) is 6.30. The maximum atomic E-state index is 13.1. The second-order valence-electron chi connectivity index (χ2n) is 7.40. The van der Waals surface area contributed by atoms with Crippen molar-refractivity contribution in [1.82, 2.24) is 5.32 Å². The number of ether oxygens (including phenoxy) is 1. The van der Waals surface area contributed by atoms with Crippen molar-refractivity contribution in [1.29, 1.82) is 0 Å². The molecule has 0 unspecified atom stereocenters. The molecule has 1 fully saturated rings. The Balaban J connectivity index is 1.43. The Hall–Kier alpha value is -2.04. The standard InChI is InChI=1S/C25H21BrFIN2O2S/c1-2-15-5-9-19(10-6-15)29-25-30-24(31)22(33-25)13-17-11-20(26)23(21(28)12-17)32-14-16-3-7-18(27)8-4-16/h3-13,25,29H,2,14H2,1H3,(H,30,31)/b22-13-/t25-/m0/s1. The highest BCUT2D eigenvalue weighted by molar-refractivity contribution is 14.1. The number of rotatable bonds is 7. The molecule has 1 atom stereocenters. The number of nitrogens with one attached hydrogen (secondary N) is 2. The molecule has 0 bridgehead atoms. The quantitative estimate of drug-likeness (QED) is 0.218. The molecule has 0 aromatic heterocycles. The number of carbonyl (C=O) groups excluding carboxylic acids is 1. The van der Waals surface area contributed by atoms with Crippen LogP contribution in [0.15, 0.2) is 70.0 Å². The lowest BCUT2D eigenvalue weighted by Crippen LogP contribution is -2.30. The van der Waals surface area contributed by atoms with E-state index in [1.807, 2.05) is 30.3 Å². The predicted octanol–water partition coefficient (Wildman–Crippen LogP) is 6.93. The van der Waals surface area contributed by atoms with Gasteiger partial charge in [0.2, 0.25) is 0 Å². The number of amides is 1. The van der Waals surface area contributed by atoms with Crippen LogP contribution in [0.1, 0.15) is 23.6 Å². The molecule has 1 saturated heterocycles. The molecule has 8 heteroatoms. The van der Waals surface area contributed by atoms with E-state index in [2.05, 4.69) is 68.2 Å². The van der Waals surface area contributed by atoms with Crippen LogP contribution in [0.2, 0.25) is 0 Å². The summed E-state index contributed by atoms with van der Waals surface area (Å²) in [5, 5.41) is 6.31. The summed E-state index contributed by atoms with van der Waals surface area (Å²) in [4.78, 5) is 13.1. The van der Waals surface area contributed by atoms with E-state index in [1.54, 1.807) is 12.1 Å². The van der Waals surface area contributed by atoms with Crippen LogP contribution in [0.4, 0.5) is 10.1 Å². The first kappa shape index (κ1) is 24.1. The molecule has 1 heterocycles. The monoisotopic (exact) mass is 638 g/mol. The predicted molar refractivity (Wildman–Crippen MR) is 145 cm³/mol. The molecule has 1 amide bonds. The van der Waals surface area contributed by atoms with E-state index in [4.69, 9.17) is 4.74 Å². The van der Waals surface area contributed by atoms with Crippen LogP contribution >= 0.6 is 50.3 Å². The van der Waals surface area contributed by atoms with Gasteiger partial charge in [-0.3, -0.25) is 4.79 Å². The Bertz CT molecular complexity index is 1160. The summed E-state index contributed by atoms with van der Waals surface area (Å²) < 4.78 is 20.7. The Kier molecular flexibility index (Phi) is 7.98. The van der Waals surface area contributed by atoms with Crippen molar-refractivity contribution in [2.45, 2.75) is 25.4 Å². The van der Waals surface area contributed by atoms with Gasteiger partial charge in [0.25, 0.3) is 5.91 Å². The number of benzene rings is 3. The number of aryl methyl sites for hydroxylation is 1. The molecular formula is C25H21BrFIN2O2S. The number of hydrogen-bond donors (Lipinski definition) is 2. The van der Waals surface area contributed by atoms with Gasteiger partial charge >= 0.3 is 0 Å². The minimum absolute atomic E-state index is 0.106. The first-order valence-corrected chi connectivity index (χ1v) is 13.1. The zero-order chi connectivity index (χ0) is 23.4. The van der Waals surface area contributed by atoms with Gasteiger partial charge in [-0.25, -0.2) is 4.39 Å². The molecule has 3 aromatic carbocycles. The smallest absolute Gasteiger partial charge is 0.260 e. The highest BCUT2D eigenvalue weighted by Crippen LogP contribution is 2.35. The summed E-state index contributed by atoms with van der Waals surface area (Å²) in [5.74, 6) is 0.332. The van der Waals surface area contributed by atoms with Crippen molar-refractivity contribution in [3.05, 3.63) is 96.1 Å². The average Bonchev–Trinajstić information content (AvgIpc) is 3.13. The van der Waals surface area contributed by atoms with Crippen LogP contribution < -0.4 is 15.4 Å². The molecule has 1 aliphatic heterocycles. The molecule has 0 radical (unpaired) electrons. The van der Waals surface area contributed by atoms with Crippen molar-refractivity contribution >= 4 is 68.0 Å². The van der Waals surface area contributed by atoms with E-state index in [1.165, 1.54) is 29.5 Å². The number of carbonyl (C=O) groups is 1. The van der Waals surface area contributed by atoms with E-state index < -0.39 is 0 Å². The Morgan fingerprint density at radius 3 is 2.52 bits per heavy atom. The van der Waals surface area contributed by atoms with Gasteiger partial charge < -0.3 is 15.4 Å². The van der Waals surface area contributed by atoms with Crippen molar-refractivity contribution in [3.8, 4) is 5.75 Å². The molecule has 3 aromatic rings. The number of halogens is 3. The highest BCUT2D eigenvalue weighted by Gasteiger charge is 2.27. The van der Waals surface area contributed by atoms with Crippen LogP contribution in [0, 0.1) is 9.39 Å². The highest BCUT2D eigenvalue weighted by atomic mass is 127. The lowest BCUT2D eigenvalue weighted by Gasteiger charge is -2.13. The zero-order valence-corrected chi connectivity index (χ0v) is 22.3. The fourth-order valence-electron chi connectivity index (χ4n) is 3.24. The molecule has 0 aliphatic carbocycles. The van der Waals surface area contributed by atoms with E-state index in [0.29, 0.717) is 17.3 Å². The molecule has 1 aliphatic rings. The fraction of sp³-hybridized carbons (Fsp3) is 0.160. The van der Waals surface area contributed by atoms with Gasteiger partial charge in [0.1, 0.15) is 18.2 Å². The number of hydrogen-bond acceptors (Lipinski definition) is 4. The largest absolute Gasteiger partial charge is 0.487 e. The molecule has 4 nitrogen and oxygen atoms in total. The molecule has 0 spiro atoms. The Morgan fingerprint density at radius 2 is 1.85 bits per heavy atom. The molecule has 170 valence electrons. The van der Waals surface area contributed by atoms with Crippen LogP contribution in [0.5, 0.6) is 5.75 Å². The maximum Gasteiger partial charge on any atom is 0.260 e. The molecule has 0 saturated carbocycles. The van der Waals surface area contributed by atoms with E-state index in [9.17, 15) is 9.18 Å². The molecular weight excluding hydrogens is 618 g/mol. The number of thioether (sulfide) groups is 1. The topological polar surface area (TPSA) is 50.4 Å². The molecule has 2 N–H and O–H groups in total. The van der Waals surface area contributed by atoms with Crippen molar-refractivity contribution < 1.29 is 13.9 Å². The summed E-state index contributed by atoms with van der Waals surface area (Å²) in [7, 11) is 0. The third-order valence-corrected chi connectivity index (χ3v) is 7.42.